The Labute approximate surface area is 96.3 Å². The van der Waals surface area contributed by atoms with Crippen molar-refractivity contribution in [2.75, 3.05) is 26.3 Å². The normalized spacial score (nSPS) is 38.9. The number of carbonyl (C=O) groups excluding carboxylic acids is 1. The van der Waals surface area contributed by atoms with Crippen LogP contribution in [-0.2, 0) is 9.53 Å². The van der Waals surface area contributed by atoms with Gasteiger partial charge in [-0.15, -0.1) is 0 Å². The van der Waals surface area contributed by atoms with Crippen molar-refractivity contribution in [1.29, 1.82) is 0 Å². The van der Waals surface area contributed by atoms with Gasteiger partial charge in [0.15, 0.2) is 0 Å². The number of carbonyl (C=O) groups is 1. The molecule has 2 bridgehead atoms. The number of hydrazine groups is 1. The zero-order valence-corrected chi connectivity index (χ0v) is 9.65. The maximum Gasteiger partial charge on any atom is 0.237 e. The van der Waals surface area contributed by atoms with Crippen LogP contribution in [0.4, 0.5) is 0 Å². The van der Waals surface area contributed by atoms with Gasteiger partial charge >= 0.3 is 0 Å². The van der Waals surface area contributed by atoms with Crippen molar-refractivity contribution < 1.29 is 9.53 Å². The van der Waals surface area contributed by atoms with E-state index in [0.717, 1.165) is 38.6 Å². The Kier molecular flexibility index (Phi) is 2.86. The summed E-state index contributed by atoms with van der Waals surface area (Å²) in [6.45, 7) is 3.12. The molecule has 1 heterocycles. The minimum atomic E-state index is 0.258. The van der Waals surface area contributed by atoms with Gasteiger partial charge in [0.2, 0.25) is 5.91 Å². The number of hydrogen-bond donors (Lipinski definition) is 1. The van der Waals surface area contributed by atoms with Gasteiger partial charge < -0.3 is 4.74 Å². The monoisotopic (exact) mass is 224 g/mol. The van der Waals surface area contributed by atoms with Crippen LogP contribution in [0.15, 0.2) is 0 Å². The fraction of sp³-hybridized carbons (Fsp3) is 0.917. The zero-order valence-electron chi connectivity index (χ0n) is 9.65. The number of fused-ring (bicyclic) bond motifs is 2. The quantitative estimate of drug-likeness (QED) is 0.754. The number of hydrogen-bond acceptors (Lipinski definition) is 3. The Morgan fingerprint density at radius 2 is 2.00 bits per heavy atom. The van der Waals surface area contributed by atoms with E-state index >= 15 is 0 Å². The molecule has 3 atom stereocenters. The van der Waals surface area contributed by atoms with Gasteiger partial charge in [-0.3, -0.25) is 10.2 Å². The van der Waals surface area contributed by atoms with E-state index in [1.807, 2.05) is 5.01 Å². The second-order valence-corrected chi connectivity index (χ2v) is 5.36. The molecular weight excluding hydrogens is 204 g/mol. The number of ether oxygens (including phenoxy) is 1. The predicted molar refractivity (Wildman–Crippen MR) is 59.5 cm³/mol. The Morgan fingerprint density at radius 3 is 2.62 bits per heavy atom. The molecule has 1 aliphatic heterocycles. The van der Waals surface area contributed by atoms with Crippen LogP contribution in [0.2, 0.25) is 0 Å². The molecular formula is C12H20N2O2. The lowest BCUT2D eigenvalue weighted by atomic mass is 9.88. The SMILES string of the molecule is O=C(NN1CCOCC1)[C@@H]1C[C@H]2CC[C@@H]1C2. The van der Waals surface area contributed by atoms with E-state index in [9.17, 15) is 4.79 Å². The van der Waals surface area contributed by atoms with Crippen molar-refractivity contribution >= 4 is 5.91 Å². The summed E-state index contributed by atoms with van der Waals surface area (Å²) >= 11 is 0. The van der Waals surface area contributed by atoms with Gasteiger partial charge in [-0.05, 0) is 31.1 Å². The van der Waals surface area contributed by atoms with Gasteiger partial charge in [0.05, 0.1) is 13.2 Å². The summed E-state index contributed by atoms with van der Waals surface area (Å²) in [5.74, 6) is 2.06. The molecule has 0 aromatic heterocycles. The van der Waals surface area contributed by atoms with Gasteiger partial charge in [0.25, 0.3) is 0 Å². The molecule has 2 saturated carbocycles. The van der Waals surface area contributed by atoms with Crippen LogP contribution < -0.4 is 5.43 Å². The summed E-state index contributed by atoms with van der Waals surface area (Å²) in [5, 5.41) is 2.01. The largest absolute Gasteiger partial charge is 0.379 e. The third kappa shape index (κ3) is 1.96. The Bertz CT molecular complexity index is 276. The molecule has 0 radical (unpaired) electrons. The molecule has 1 saturated heterocycles. The van der Waals surface area contributed by atoms with Gasteiger partial charge in [-0.25, -0.2) is 5.01 Å². The minimum Gasteiger partial charge on any atom is -0.379 e. The third-order valence-corrected chi connectivity index (χ3v) is 4.35. The van der Waals surface area contributed by atoms with Crippen LogP contribution in [0.1, 0.15) is 25.7 Å². The van der Waals surface area contributed by atoms with Crippen molar-refractivity contribution in [3.8, 4) is 0 Å². The Balaban J connectivity index is 1.53. The highest BCUT2D eigenvalue weighted by molar-refractivity contribution is 5.79. The number of nitrogens with one attached hydrogen (secondary N) is 1. The fourth-order valence-corrected chi connectivity index (χ4v) is 3.48. The van der Waals surface area contributed by atoms with E-state index in [0.29, 0.717) is 11.8 Å². The van der Waals surface area contributed by atoms with E-state index in [-0.39, 0.29) is 5.91 Å². The maximum absolute atomic E-state index is 12.1. The molecule has 3 fully saturated rings. The number of rotatable bonds is 2. The van der Waals surface area contributed by atoms with Gasteiger partial charge in [-0.2, -0.15) is 0 Å². The molecule has 4 heteroatoms. The smallest absolute Gasteiger partial charge is 0.237 e. The summed E-state index contributed by atoms with van der Waals surface area (Å²) in [5.41, 5.74) is 3.06. The standard InChI is InChI=1S/C12H20N2O2/c15-12(13-14-3-5-16-6-4-14)11-8-9-1-2-10(11)7-9/h9-11H,1-8H2,(H,13,15)/t9-,10+,11+/m0/s1. The maximum atomic E-state index is 12.1. The third-order valence-electron chi connectivity index (χ3n) is 4.35. The second-order valence-electron chi connectivity index (χ2n) is 5.36. The Morgan fingerprint density at radius 1 is 1.19 bits per heavy atom. The molecule has 0 unspecified atom stereocenters. The van der Waals surface area contributed by atoms with Crippen LogP contribution in [0.25, 0.3) is 0 Å². The van der Waals surface area contributed by atoms with Gasteiger partial charge in [-0.1, -0.05) is 6.42 Å². The summed E-state index contributed by atoms with van der Waals surface area (Å²) < 4.78 is 5.26. The lowest BCUT2D eigenvalue weighted by molar-refractivity contribution is -0.133. The van der Waals surface area contributed by atoms with Crippen molar-refractivity contribution in [3.63, 3.8) is 0 Å². The zero-order chi connectivity index (χ0) is 11.0. The highest BCUT2D eigenvalue weighted by Crippen LogP contribution is 2.48. The first-order valence-corrected chi connectivity index (χ1v) is 6.46. The molecule has 0 aromatic carbocycles. The summed E-state index contributed by atoms with van der Waals surface area (Å²) in [4.78, 5) is 12.1. The van der Waals surface area contributed by atoms with Crippen LogP contribution in [-0.4, -0.2) is 37.2 Å². The van der Waals surface area contributed by atoms with E-state index < -0.39 is 0 Å². The first-order chi connectivity index (χ1) is 7.83. The number of morpholine rings is 1. The molecule has 1 N–H and O–H groups in total. The van der Waals surface area contributed by atoms with Crippen LogP contribution in [0.3, 0.4) is 0 Å². The lowest BCUT2D eigenvalue weighted by Gasteiger charge is -2.30. The molecule has 3 aliphatic rings. The highest BCUT2D eigenvalue weighted by Gasteiger charge is 2.43. The predicted octanol–water partition coefficient (Wildman–Crippen LogP) is 0.786. The summed E-state index contributed by atoms with van der Waals surface area (Å²) in [6, 6.07) is 0. The number of nitrogens with zero attached hydrogens (tertiary/aromatic N) is 1. The molecule has 16 heavy (non-hydrogen) atoms. The first-order valence-electron chi connectivity index (χ1n) is 6.46. The lowest BCUT2D eigenvalue weighted by Crippen LogP contribution is -2.50. The van der Waals surface area contributed by atoms with Crippen molar-refractivity contribution in [2.45, 2.75) is 25.7 Å². The topological polar surface area (TPSA) is 41.6 Å². The van der Waals surface area contributed by atoms with Crippen LogP contribution in [0, 0.1) is 17.8 Å². The first kappa shape index (κ1) is 10.5. The molecule has 90 valence electrons. The second kappa shape index (κ2) is 4.34. The van der Waals surface area contributed by atoms with Gasteiger partial charge in [0.1, 0.15) is 0 Å². The number of amides is 1. The molecule has 2 aliphatic carbocycles. The van der Waals surface area contributed by atoms with Crippen LogP contribution >= 0.6 is 0 Å². The fourth-order valence-electron chi connectivity index (χ4n) is 3.48. The molecule has 0 aromatic rings. The Hall–Kier alpha value is -0.610. The minimum absolute atomic E-state index is 0.258. The summed E-state index contributed by atoms with van der Waals surface area (Å²) in [6.07, 6.45) is 5.04. The van der Waals surface area contributed by atoms with Crippen LogP contribution in [0.5, 0.6) is 0 Å². The highest BCUT2D eigenvalue weighted by atomic mass is 16.5. The van der Waals surface area contributed by atoms with Crippen molar-refractivity contribution in [3.05, 3.63) is 0 Å². The average Bonchev–Trinajstić information content (AvgIpc) is 2.92. The van der Waals surface area contributed by atoms with E-state index in [2.05, 4.69) is 5.43 Å². The van der Waals surface area contributed by atoms with E-state index in [1.165, 1.54) is 19.3 Å². The molecule has 4 nitrogen and oxygen atoms in total. The van der Waals surface area contributed by atoms with Gasteiger partial charge in [0, 0.05) is 19.0 Å². The van der Waals surface area contributed by atoms with Crippen molar-refractivity contribution in [1.82, 2.24) is 10.4 Å². The van der Waals surface area contributed by atoms with E-state index in [4.69, 9.17) is 4.74 Å². The summed E-state index contributed by atoms with van der Waals surface area (Å²) in [7, 11) is 0. The average molecular weight is 224 g/mol. The molecule has 0 spiro atoms. The van der Waals surface area contributed by atoms with E-state index in [1.54, 1.807) is 0 Å². The van der Waals surface area contributed by atoms with Crippen molar-refractivity contribution in [2.24, 2.45) is 17.8 Å². The molecule has 1 amide bonds. The molecule has 3 rings (SSSR count).